The minimum atomic E-state index is -0.631. The molecule has 112 valence electrons. The first-order valence-electron chi connectivity index (χ1n) is 6.81. The van der Waals surface area contributed by atoms with Gasteiger partial charge in [-0.15, -0.1) is 0 Å². The monoisotopic (exact) mass is 289 g/mol. The molecule has 6 heteroatoms. The molecule has 5 nitrogen and oxygen atoms in total. The first kappa shape index (κ1) is 16.6. The van der Waals surface area contributed by atoms with Gasteiger partial charge in [-0.25, -0.2) is 0 Å². The van der Waals surface area contributed by atoms with Crippen LogP contribution in [0.15, 0.2) is 0 Å². The smallest absolute Gasteiger partial charge is 0.169 e. The van der Waals surface area contributed by atoms with E-state index in [1.165, 1.54) is 0 Å². The number of thiocarbonyl (C=S) groups is 1. The molecule has 0 aromatic heterocycles. The molecule has 1 aliphatic rings. The standard InChI is InChI=1S/C13H27N3O2S/c1-11(9-18-4)14-12(19)16-7-5-15(6-8-16)10-13(2,3)17/h11,17H,5-10H2,1-4H3,(H,14,19). The van der Waals surface area contributed by atoms with Gasteiger partial charge >= 0.3 is 0 Å². The van der Waals surface area contributed by atoms with Crippen molar-refractivity contribution in [2.45, 2.75) is 32.4 Å². The van der Waals surface area contributed by atoms with Crippen molar-refractivity contribution in [3.05, 3.63) is 0 Å². The molecular weight excluding hydrogens is 262 g/mol. The third kappa shape index (κ3) is 6.51. The highest BCUT2D eigenvalue weighted by molar-refractivity contribution is 7.80. The van der Waals surface area contributed by atoms with Crippen LogP contribution in [0.1, 0.15) is 20.8 Å². The van der Waals surface area contributed by atoms with Crippen LogP contribution in [0.4, 0.5) is 0 Å². The molecule has 0 bridgehead atoms. The van der Waals surface area contributed by atoms with Crippen LogP contribution in [0.25, 0.3) is 0 Å². The van der Waals surface area contributed by atoms with Crippen molar-refractivity contribution in [2.75, 3.05) is 46.4 Å². The summed E-state index contributed by atoms with van der Waals surface area (Å²) in [7, 11) is 1.69. The summed E-state index contributed by atoms with van der Waals surface area (Å²) >= 11 is 5.40. The number of β-amino-alcohol motifs (C(OH)–C–C–N with tert-alkyl or cyclic N) is 1. The summed E-state index contributed by atoms with van der Waals surface area (Å²) in [4.78, 5) is 4.46. The topological polar surface area (TPSA) is 48.0 Å². The molecule has 1 fully saturated rings. The molecule has 0 saturated carbocycles. The van der Waals surface area contributed by atoms with Gasteiger partial charge in [0.1, 0.15) is 0 Å². The zero-order valence-electron chi connectivity index (χ0n) is 12.5. The summed E-state index contributed by atoms with van der Waals surface area (Å²) in [6.07, 6.45) is 0. The summed E-state index contributed by atoms with van der Waals surface area (Å²) in [6.45, 7) is 10.8. The summed E-state index contributed by atoms with van der Waals surface area (Å²) in [6, 6.07) is 0.229. The number of nitrogens with zero attached hydrogens (tertiary/aromatic N) is 2. The number of rotatable bonds is 5. The van der Waals surface area contributed by atoms with Gasteiger partial charge in [0.15, 0.2) is 5.11 Å². The minimum absolute atomic E-state index is 0.229. The second kappa shape index (κ2) is 7.38. The second-order valence-corrected chi connectivity index (χ2v) is 6.27. The Bertz CT molecular complexity index is 286. The number of aliphatic hydroxyl groups is 1. The zero-order valence-corrected chi connectivity index (χ0v) is 13.3. The summed E-state index contributed by atoms with van der Waals surface area (Å²) < 4.78 is 5.09. The molecule has 0 aromatic carbocycles. The van der Waals surface area contributed by atoms with Gasteiger partial charge in [-0.2, -0.15) is 0 Å². The Hall–Kier alpha value is -0.430. The summed E-state index contributed by atoms with van der Waals surface area (Å²) in [5, 5.41) is 13.9. The van der Waals surface area contributed by atoms with Gasteiger partial charge in [0.2, 0.25) is 0 Å². The lowest BCUT2D eigenvalue weighted by molar-refractivity contribution is 0.0250. The number of hydrogen-bond donors (Lipinski definition) is 2. The highest BCUT2D eigenvalue weighted by Crippen LogP contribution is 2.09. The van der Waals surface area contributed by atoms with Crippen LogP contribution in [0.5, 0.6) is 0 Å². The van der Waals surface area contributed by atoms with E-state index >= 15 is 0 Å². The molecule has 0 aromatic rings. The summed E-state index contributed by atoms with van der Waals surface area (Å²) in [5.41, 5.74) is -0.631. The third-order valence-corrected chi connectivity index (χ3v) is 3.43. The number of ether oxygens (including phenoxy) is 1. The van der Waals surface area contributed by atoms with E-state index in [0.717, 1.165) is 31.3 Å². The first-order chi connectivity index (χ1) is 8.81. The van der Waals surface area contributed by atoms with Gasteiger partial charge in [0.25, 0.3) is 0 Å². The van der Waals surface area contributed by atoms with E-state index < -0.39 is 5.60 Å². The molecule has 2 N–H and O–H groups in total. The molecule has 1 heterocycles. The van der Waals surface area contributed by atoms with Gasteiger partial charge in [-0.1, -0.05) is 0 Å². The van der Waals surface area contributed by atoms with E-state index in [1.54, 1.807) is 7.11 Å². The number of methoxy groups -OCH3 is 1. The Balaban J connectivity index is 2.31. The predicted molar refractivity (Wildman–Crippen MR) is 81.4 cm³/mol. The first-order valence-corrected chi connectivity index (χ1v) is 7.22. The molecule has 19 heavy (non-hydrogen) atoms. The predicted octanol–water partition coefficient (Wildman–Crippen LogP) is 0.284. The zero-order chi connectivity index (χ0) is 14.5. The highest BCUT2D eigenvalue weighted by atomic mass is 32.1. The minimum Gasteiger partial charge on any atom is -0.389 e. The quantitative estimate of drug-likeness (QED) is 0.709. The Kier molecular flexibility index (Phi) is 6.46. The molecule has 0 amide bonds. The van der Waals surface area contributed by atoms with Crippen molar-refractivity contribution in [2.24, 2.45) is 0 Å². The van der Waals surface area contributed by atoms with Crippen molar-refractivity contribution in [1.82, 2.24) is 15.1 Å². The fraction of sp³-hybridized carbons (Fsp3) is 0.923. The Morgan fingerprint density at radius 1 is 1.37 bits per heavy atom. The average Bonchev–Trinajstić information content (AvgIpc) is 2.27. The van der Waals surface area contributed by atoms with E-state index in [9.17, 15) is 5.11 Å². The molecule has 1 unspecified atom stereocenters. The molecule has 1 atom stereocenters. The Labute approximate surface area is 121 Å². The van der Waals surface area contributed by atoms with E-state index in [4.69, 9.17) is 17.0 Å². The lowest BCUT2D eigenvalue weighted by atomic mass is 10.1. The van der Waals surface area contributed by atoms with Crippen LogP contribution in [0, 0.1) is 0 Å². The van der Waals surface area contributed by atoms with E-state index in [0.29, 0.717) is 13.2 Å². The van der Waals surface area contributed by atoms with Crippen LogP contribution in [0.2, 0.25) is 0 Å². The Morgan fingerprint density at radius 3 is 2.42 bits per heavy atom. The van der Waals surface area contributed by atoms with Crippen molar-refractivity contribution in [3.8, 4) is 0 Å². The molecule has 0 aliphatic carbocycles. The van der Waals surface area contributed by atoms with Crippen LogP contribution < -0.4 is 5.32 Å². The number of nitrogens with one attached hydrogen (secondary N) is 1. The molecule has 1 aliphatic heterocycles. The fourth-order valence-corrected chi connectivity index (χ4v) is 2.63. The normalized spacial score (nSPS) is 19.3. The molecule has 1 saturated heterocycles. The van der Waals surface area contributed by atoms with Crippen molar-refractivity contribution in [1.29, 1.82) is 0 Å². The fourth-order valence-electron chi connectivity index (χ4n) is 2.25. The third-order valence-electron chi connectivity index (χ3n) is 3.06. The van der Waals surface area contributed by atoms with Gasteiger partial charge in [0, 0.05) is 45.9 Å². The molecule has 0 radical (unpaired) electrons. The summed E-state index contributed by atoms with van der Waals surface area (Å²) in [5.74, 6) is 0. The van der Waals surface area contributed by atoms with Gasteiger partial charge in [-0.05, 0) is 33.0 Å². The van der Waals surface area contributed by atoms with Crippen LogP contribution in [-0.2, 0) is 4.74 Å². The Morgan fingerprint density at radius 2 is 1.95 bits per heavy atom. The highest BCUT2D eigenvalue weighted by Gasteiger charge is 2.23. The maximum absolute atomic E-state index is 9.82. The molecule has 1 rings (SSSR count). The number of hydrogen-bond acceptors (Lipinski definition) is 4. The van der Waals surface area contributed by atoms with Gasteiger partial charge in [0.05, 0.1) is 12.2 Å². The largest absolute Gasteiger partial charge is 0.389 e. The van der Waals surface area contributed by atoms with Crippen LogP contribution >= 0.6 is 12.2 Å². The molecular formula is C13H27N3O2S. The lowest BCUT2D eigenvalue weighted by Crippen LogP contribution is -2.55. The number of piperazine rings is 1. The van der Waals surface area contributed by atoms with E-state index in [-0.39, 0.29) is 6.04 Å². The van der Waals surface area contributed by atoms with Crippen LogP contribution in [0.3, 0.4) is 0 Å². The van der Waals surface area contributed by atoms with E-state index in [1.807, 2.05) is 13.8 Å². The second-order valence-electron chi connectivity index (χ2n) is 5.88. The SMILES string of the molecule is COCC(C)NC(=S)N1CCN(CC(C)(C)O)CC1. The van der Waals surface area contributed by atoms with Gasteiger partial charge in [-0.3, -0.25) is 4.90 Å². The van der Waals surface area contributed by atoms with Crippen LogP contribution in [-0.4, -0.2) is 78.1 Å². The molecule has 0 spiro atoms. The maximum atomic E-state index is 9.82. The lowest BCUT2D eigenvalue weighted by Gasteiger charge is -2.38. The van der Waals surface area contributed by atoms with E-state index in [2.05, 4.69) is 22.0 Å². The van der Waals surface area contributed by atoms with Gasteiger partial charge < -0.3 is 20.1 Å². The van der Waals surface area contributed by atoms with Crippen molar-refractivity contribution in [3.63, 3.8) is 0 Å². The maximum Gasteiger partial charge on any atom is 0.169 e. The average molecular weight is 289 g/mol. The van der Waals surface area contributed by atoms with Crippen molar-refractivity contribution >= 4 is 17.3 Å². The van der Waals surface area contributed by atoms with Crippen molar-refractivity contribution < 1.29 is 9.84 Å².